The van der Waals surface area contributed by atoms with Crippen LogP contribution in [0.1, 0.15) is 47.6 Å². The number of hydrogen-bond acceptors (Lipinski definition) is 8. The average molecular weight is 710 g/mol. The first-order valence-corrected chi connectivity index (χ1v) is 18.6. The van der Waals surface area contributed by atoms with E-state index in [1.165, 1.54) is 37.6 Å². The van der Waals surface area contributed by atoms with Gasteiger partial charge in [0.15, 0.2) is 17.0 Å². The van der Waals surface area contributed by atoms with Crippen molar-refractivity contribution >= 4 is 43.8 Å². The lowest BCUT2D eigenvalue weighted by Gasteiger charge is -2.35. The van der Waals surface area contributed by atoms with Gasteiger partial charge in [-0.2, -0.15) is 0 Å². The largest absolute Gasteiger partial charge is 0.492 e. The predicted molar refractivity (Wildman–Crippen MR) is 169 cm³/mol. The monoisotopic (exact) mass is 709 g/mol. The number of aromatic carboxylic acids is 1. The van der Waals surface area contributed by atoms with E-state index in [4.69, 9.17) is 9.47 Å². The number of piperidine rings is 1. The molecule has 2 aromatic carbocycles. The third-order valence-electron chi connectivity index (χ3n) is 9.23. The highest BCUT2D eigenvalue weighted by Gasteiger charge is 2.45. The molecule has 2 aliphatic heterocycles. The van der Waals surface area contributed by atoms with Crippen molar-refractivity contribution in [2.24, 2.45) is 5.92 Å². The second kappa shape index (κ2) is 12.6. The Morgan fingerprint density at radius 1 is 1.04 bits per heavy atom. The molecular formula is C30H34FN3O12P2. The number of carbonyl (C=O) groups excluding carboxylic acids is 1. The Labute approximate surface area is 272 Å². The van der Waals surface area contributed by atoms with Crippen molar-refractivity contribution in [3.63, 3.8) is 0 Å². The molecule has 3 aromatic rings. The number of methoxy groups -OCH3 is 1. The standard InChI is InChI=1S/C30H34FN3O12P2/c1-45-28-25-20(27(35)21(29(36)37)14-34(25)18-6-7-18)12-22(31)26(28)32-13-17-3-2-10-33(23(17)15-32)30(38)46-19-8-4-16(5-9-19)11-24(47(39,40)41)48(42,43)44/h4-5,8-9,12,14,17-18,23-24H,2-3,6-7,10-11,13,15H2,1H3,(H,36,37)(H2,39,40,41)(H2,42,43,44)/t17?,23-/m0/s1. The van der Waals surface area contributed by atoms with Gasteiger partial charge in [0, 0.05) is 31.9 Å². The van der Waals surface area contributed by atoms with Crippen LogP contribution >= 0.6 is 15.2 Å². The van der Waals surface area contributed by atoms with Gasteiger partial charge in [0.25, 0.3) is 0 Å². The molecule has 1 amide bonds. The molecule has 1 unspecified atom stereocenters. The van der Waals surface area contributed by atoms with E-state index in [2.05, 4.69) is 0 Å². The lowest BCUT2D eigenvalue weighted by molar-refractivity contribution is 0.0694. The number of amides is 1. The molecule has 48 heavy (non-hydrogen) atoms. The van der Waals surface area contributed by atoms with E-state index in [1.54, 1.807) is 14.4 Å². The molecule has 5 N–H and O–H groups in total. The molecule has 1 saturated carbocycles. The van der Waals surface area contributed by atoms with Crippen molar-refractivity contribution in [3.8, 4) is 11.5 Å². The Morgan fingerprint density at radius 3 is 2.29 bits per heavy atom. The molecule has 0 bridgehead atoms. The molecule has 0 spiro atoms. The Kier molecular flexibility index (Phi) is 8.94. The van der Waals surface area contributed by atoms with E-state index in [9.17, 15) is 48.2 Å². The van der Waals surface area contributed by atoms with Gasteiger partial charge in [-0.1, -0.05) is 12.1 Å². The normalized spacial score (nSPS) is 19.9. The van der Waals surface area contributed by atoms with Gasteiger partial charge >= 0.3 is 27.3 Å². The number of carbonyl (C=O) groups is 2. The van der Waals surface area contributed by atoms with E-state index < -0.39 is 55.9 Å². The summed E-state index contributed by atoms with van der Waals surface area (Å²) < 4.78 is 52.2. The summed E-state index contributed by atoms with van der Waals surface area (Å²) in [6.45, 7) is 0.975. The van der Waals surface area contributed by atoms with Gasteiger partial charge in [-0.3, -0.25) is 13.9 Å². The first-order chi connectivity index (χ1) is 22.6. The van der Waals surface area contributed by atoms with E-state index in [0.717, 1.165) is 25.3 Å². The summed E-state index contributed by atoms with van der Waals surface area (Å²) >= 11 is 0. The Morgan fingerprint density at radius 2 is 1.71 bits per heavy atom. The van der Waals surface area contributed by atoms with Gasteiger partial charge in [-0.05, 0) is 61.8 Å². The lowest BCUT2D eigenvalue weighted by Crippen LogP contribution is -2.49. The third-order valence-corrected chi connectivity index (χ3v) is 13.0. The summed E-state index contributed by atoms with van der Waals surface area (Å²) in [5, 5.41) is 7.32. The summed E-state index contributed by atoms with van der Waals surface area (Å²) in [5.41, 5.74) is -0.615. The van der Waals surface area contributed by atoms with Crippen LogP contribution in [0.15, 0.2) is 41.3 Å². The number of pyridine rings is 1. The number of halogens is 1. The van der Waals surface area contributed by atoms with Gasteiger partial charge in [-0.25, -0.2) is 14.0 Å². The first kappa shape index (κ1) is 34.1. The molecule has 1 aromatic heterocycles. The van der Waals surface area contributed by atoms with Crippen molar-refractivity contribution in [2.75, 3.05) is 31.6 Å². The number of rotatable bonds is 9. The molecule has 3 heterocycles. The molecule has 1 aliphatic carbocycles. The summed E-state index contributed by atoms with van der Waals surface area (Å²) in [4.78, 5) is 79.2. The summed E-state index contributed by atoms with van der Waals surface area (Å²) in [7, 11) is -8.87. The molecule has 0 radical (unpaired) electrons. The maximum Gasteiger partial charge on any atom is 0.415 e. The first-order valence-electron chi connectivity index (χ1n) is 15.2. The number of anilines is 1. The van der Waals surface area contributed by atoms with Gasteiger partial charge in [0.05, 0.1) is 24.1 Å². The molecule has 15 nitrogen and oxygen atoms in total. The predicted octanol–water partition coefficient (Wildman–Crippen LogP) is 3.51. The molecule has 3 fully saturated rings. The SMILES string of the molecule is COc1c(N2CC3CCCN(C(=O)Oc4ccc(CC(P(=O)(O)O)P(=O)(O)O)cc4)[C@H]3C2)c(F)cc2c(=O)c(C(=O)O)cn(C3CC3)c12. The summed E-state index contributed by atoms with van der Waals surface area (Å²) in [6.07, 6.45) is 2.97. The third kappa shape index (κ3) is 6.48. The van der Waals surface area contributed by atoms with Crippen LogP contribution in [-0.2, 0) is 15.6 Å². The highest BCUT2D eigenvalue weighted by atomic mass is 31.2. The van der Waals surface area contributed by atoms with Crippen molar-refractivity contribution in [3.05, 3.63) is 63.7 Å². The number of carboxylic acids is 1. The van der Waals surface area contributed by atoms with Crippen LogP contribution in [0.4, 0.5) is 14.9 Å². The van der Waals surface area contributed by atoms with Crippen LogP contribution in [0, 0.1) is 11.7 Å². The number of nitrogens with zero attached hydrogens (tertiary/aromatic N) is 3. The van der Waals surface area contributed by atoms with Gasteiger partial charge < -0.3 is 48.5 Å². The lowest BCUT2D eigenvalue weighted by atomic mass is 9.92. The molecule has 3 aliphatic rings. The second-order valence-corrected chi connectivity index (χ2v) is 16.4. The summed E-state index contributed by atoms with van der Waals surface area (Å²) in [6, 6.07) is 6.06. The fourth-order valence-corrected chi connectivity index (χ4v) is 9.28. The smallest absolute Gasteiger partial charge is 0.415 e. The van der Waals surface area contributed by atoms with Crippen molar-refractivity contribution in [1.29, 1.82) is 0 Å². The summed E-state index contributed by atoms with van der Waals surface area (Å²) in [5.74, 6) is -2.00. The zero-order chi connectivity index (χ0) is 34.7. The van der Waals surface area contributed by atoms with Crippen LogP contribution in [0.3, 0.4) is 0 Å². The number of fused-ring (bicyclic) bond motifs is 2. The fourth-order valence-electron chi connectivity index (χ4n) is 6.81. The fraction of sp³-hybridized carbons (Fsp3) is 0.433. The number of likely N-dealkylation sites (tertiary alicyclic amines) is 1. The second-order valence-electron chi connectivity index (χ2n) is 12.4. The Hall–Kier alpha value is -3.78. The average Bonchev–Trinajstić information content (AvgIpc) is 3.76. The van der Waals surface area contributed by atoms with Crippen LogP contribution in [0.2, 0.25) is 0 Å². The number of aromatic nitrogens is 1. The maximum atomic E-state index is 15.9. The van der Waals surface area contributed by atoms with Crippen molar-refractivity contribution in [1.82, 2.24) is 9.47 Å². The van der Waals surface area contributed by atoms with Crippen LogP contribution < -0.4 is 19.8 Å². The van der Waals surface area contributed by atoms with Crippen LogP contribution in [0.5, 0.6) is 11.5 Å². The van der Waals surface area contributed by atoms with Crippen molar-refractivity contribution < 1.29 is 57.3 Å². The molecule has 258 valence electrons. The number of hydrogen-bond donors (Lipinski definition) is 5. The van der Waals surface area contributed by atoms with Gasteiger partial charge in [0.2, 0.25) is 5.43 Å². The minimum absolute atomic E-state index is 0.0502. The van der Waals surface area contributed by atoms with E-state index in [-0.39, 0.29) is 52.7 Å². The topological polar surface area (TPSA) is 216 Å². The number of carboxylic acid groups (broad SMARTS) is 1. The van der Waals surface area contributed by atoms with E-state index in [0.29, 0.717) is 25.0 Å². The van der Waals surface area contributed by atoms with E-state index >= 15 is 4.39 Å². The molecule has 18 heteroatoms. The zero-order valence-corrected chi connectivity index (χ0v) is 27.4. The molecular weight excluding hydrogens is 675 g/mol. The minimum Gasteiger partial charge on any atom is -0.492 e. The van der Waals surface area contributed by atoms with Crippen LogP contribution in [0.25, 0.3) is 10.9 Å². The minimum atomic E-state index is -5.11. The molecule has 2 saturated heterocycles. The van der Waals surface area contributed by atoms with Crippen molar-refractivity contribution in [2.45, 2.75) is 49.6 Å². The van der Waals surface area contributed by atoms with Gasteiger partial charge in [0.1, 0.15) is 17.0 Å². The Balaban J connectivity index is 1.24. The molecule has 2 atom stereocenters. The highest BCUT2D eigenvalue weighted by molar-refractivity contribution is 7.70. The number of ether oxygens (including phenoxy) is 2. The number of benzene rings is 2. The maximum absolute atomic E-state index is 15.9. The van der Waals surface area contributed by atoms with Crippen LogP contribution in [-0.4, -0.2) is 84.4 Å². The quantitative estimate of drug-likeness (QED) is 0.201. The zero-order valence-electron chi connectivity index (χ0n) is 25.6. The van der Waals surface area contributed by atoms with Gasteiger partial charge in [-0.15, -0.1) is 0 Å². The van der Waals surface area contributed by atoms with E-state index in [1.807, 2.05) is 0 Å². The Bertz CT molecular complexity index is 1920. The highest BCUT2D eigenvalue weighted by Crippen LogP contribution is 2.61. The molecule has 6 rings (SSSR count).